The minimum atomic E-state index is -4.03. The molecule has 3 nitrogen and oxygen atoms in total. The van der Waals surface area contributed by atoms with Crippen molar-refractivity contribution >= 4 is 26.0 Å². The summed E-state index contributed by atoms with van der Waals surface area (Å²) in [5.74, 6) is -1.36. The molecule has 2 rings (SSSR count). The van der Waals surface area contributed by atoms with Crippen LogP contribution in [0.4, 0.5) is 8.78 Å². The fraction of sp³-hybridized carbons (Fsp3) is 0.143. The monoisotopic (exact) mass is 375 g/mol. The zero-order chi connectivity index (χ0) is 15.6. The number of hydrogen-bond acceptors (Lipinski definition) is 2. The normalized spacial score (nSPS) is 11.9. The van der Waals surface area contributed by atoms with Crippen molar-refractivity contribution < 1.29 is 17.2 Å². The maximum absolute atomic E-state index is 13.8. The van der Waals surface area contributed by atoms with Crippen molar-refractivity contribution in [2.24, 2.45) is 0 Å². The highest BCUT2D eigenvalue weighted by atomic mass is 79.9. The Bertz CT molecular complexity index is 765. The summed E-state index contributed by atoms with van der Waals surface area (Å²) in [7, 11) is -2.75. The number of nitrogens with zero attached hydrogens (tertiary/aromatic N) is 1. The highest BCUT2D eigenvalue weighted by molar-refractivity contribution is 9.10. The lowest BCUT2D eigenvalue weighted by atomic mass is 10.2. The van der Waals surface area contributed by atoms with Gasteiger partial charge in [0.25, 0.3) is 0 Å². The van der Waals surface area contributed by atoms with Gasteiger partial charge < -0.3 is 0 Å². The number of rotatable bonds is 4. The van der Waals surface area contributed by atoms with Gasteiger partial charge in [-0.25, -0.2) is 17.2 Å². The van der Waals surface area contributed by atoms with E-state index in [9.17, 15) is 17.2 Å². The van der Waals surface area contributed by atoms with Crippen molar-refractivity contribution in [1.82, 2.24) is 4.31 Å². The SMILES string of the molecule is CN(Cc1ccccc1F)S(=O)(=O)c1ccc(Br)cc1F. The molecule has 2 aromatic rings. The molecule has 0 amide bonds. The van der Waals surface area contributed by atoms with Gasteiger partial charge in [-0.3, -0.25) is 0 Å². The van der Waals surface area contributed by atoms with Gasteiger partial charge in [-0.1, -0.05) is 34.1 Å². The Morgan fingerprint density at radius 3 is 2.38 bits per heavy atom. The fourth-order valence-corrected chi connectivity index (χ4v) is 3.33. The molecule has 0 aliphatic rings. The molecule has 0 heterocycles. The van der Waals surface area contributed by atoms with Gasteiger partial charge in [-0.2, -0.15) is 4.31 Å². The zero-order valence-electron chi connectivity index (χ0n) is 11.1. The molecule has 0 N–H and O–H groups in total. The predicted molar refractivity (Wildman–Crippen MR) is 79.2 cm³/mol. The first-order valence-electron chi connectivity index (χ1n) is 5.97. The van der Waals surface area contributed by atoms with E-state index < -0.39 is 26.6 Å². The van der Waals surface area contributed by atoms with Gasteiger partial charge in [-0.05, 0) is 24.3 Å². The average Bonchev–Trinajstić information content (AvgIpc) is 2.40. The van der Waals surface area contributed by atoms with Crippen LogP contribution >= 0.6 is 15.9 Å². The van der Waals surface area contributed by atoms with E-state index in [1.165, 1.54) is 37.4 Å². The molecular weight excluding hydrogens is 364 g/mol. The molecule has 0 aromatic heterocycles. The van der Waals surface area contributed by atoms with Crippen LogP contribution in [0.2, 0.25) is 0 Å². The molecule has 0 saturated heterocycles. The topological polar surface area (TPSA) is 37.4 Å². The standard InChI is InChI=1S/C14H12BrF2NO2S/c1-18(9-10-4-2-3-5-12(10)16)21(19,20)14-7-6-11(15)8-13(14)17/h2-8H,9H2,1H3. The van der Waals surface area contributed by atoms with Crippen molar-refractivity contribution in [3.8, 4) is 0 Å². The van der Waals surface area contributed by atoms with Crippen molar-refractivity contribution in [1.29, 1.82) is 0 Å². The van der Waals surface area contributed by atoms with Crippen LogP contribution in [-0.4, -0.2) is 19.8 Å². The highest BCUT2D eigenvalue weighted by Gasteiger charge is 2.25. The summed E-state index contributed by atoms with van der Waals surface area (Å²) in [6.07, 6.45) is 0. The minimum Gasteiger partial charge on any atom is -0.207 e. The van der Waals surface area contributed by atoms with E-state index in [4.69, 9.17) is 0 Å². The molecule has 0 radical (unpaired) electrons. The Morgan fingerprint density at radius 2 is 1.76 bits per heavy atom. The number of halogens is 3. The molecule has 0 aliphatic carbocycles. The van der Waals surface area contributed by atoms with E-state index in [-0.39, 0.29) is 12.1 Å². The first-order chi connectivity index (χ1) is 9.82. The summed E-state index contributed by atoms with van der Waals surface area (Å²) in [5.41, 5.74) is 0.223. The van der Waals surface area contributed by atoms with Gasteiger partial charge in [0, 0.05) is 23.6 Å². The predicted octanol–water partition coefficient (Wildman–Crippen LogP) is 3.55. The number of hydrogen-bond donors (Lipinski definition) is 0. The van der Waals surface area contributed by atoms with E-state index in [0.717, 1.165) is 10.4 Å². The van der Waals surface area contributed by atoms with Crippen LogP contribution in [0.3, 0.4) is 0 Å². The lowest BCUT2D eigenvalue weighted by Crippen LogP contribution is -2.27. The molecule has 0 fully saturated rings. The Balaban J connectivity index is 2.33. The molecule has 0 bridgehead atoms. The van der Waals surface area contributed by atoms with Crippen molar-refractivity contribution in [2.45, 2.75) is 11.4 Å². The van der Waals surface area contributed by atoms with Gasteiger partial charge in [0.15, 0.2) is 0 Å². The summed E-state index contributed by atoms with van der Waals surface area (Å²) in [5, 5.41) is 0. The molecule has 0 atom stereocenters. The highest BCUT2D eigenvalue weighted by Crippen LogP contribution is 2.23. The third-order valence-electron chi connectivity index (χ3n) is 2.93. The lowest BCUT2D eigenvalue weighted by molar-refractivity contribution is 0.450. The van der Waals surface area contributed by atoms with Gasteiger partial charge in [-0.15, -0.1) is 0 Å². The zero-order valence-corrected chi connectivity index (χ0v) is 13.5. The van der Waals surface area contributed by atoms with Gasteiger partial charge >= 0.3 is 0 Å². The second-order valence-corrected chi connectivity index (χ2v) is 7.36. The summed E-state index contributed by atoms with van der Waals surface area (Å²) in [6.45, 7) is -0.176. The third-order valence-corrected chi connectivity index (χ3v) is 5.26. The largest absolute Gasteiger partial charge is 0.246 e. The Kier molecular flexibility index (Phi) is 4.75. The summed E-state index contributed by atoms with van der Waals surface area (Å²) < 4.78 is 53.4. The van der Waals surface area contributed by atoms with Crippen LogP contribution in [0.5, 0.6) is 0 Å². The van der Waals surface area contributed by atoms with Crippen molar-refractivity contribution in [3.63, 3.8) is 0 Å². The van der Waals surface area contributed by atoms with E-state index in [0.29, 0.717) is 4.47 Å². The third kappa shape index (κ3) is 3.48. The fourth-order valence-electron chi connectivity index (χ4n) is 1.80. The van der Waals surface area contributed by atoms with Crippen LogP contribution in [0.25, 0.3) is 0 Å². The molecule has 0 saturated carbocycles. The Hall–Kier alpha value is -1.31. The van der Waals surface area contributed by atoms with Crippen molar-refractivity contribution in [3.05, 3.63) is 64.1 Å². The lowest BCUT2D eigenvalue weighted by Gasteiger charge is -2.18. The summed E-state index contributed by atoms with van der Waals surface area (Å²) in [6, 6.07) is 9.54. The maximum Gasteiger partial charge on any atom is 0.246 e. The van der Waals surface area contributed by atoms with Gasteiger partial charge in [0.05, 0.1) is 0 Å². The number of sulfonamides is 1. The van der Waals surface area contributed by atoms with Crippen LogP contribution < -0.4 is 0 Å². The molecule has 7 heteroatoms. The first-order valence-corrected chi connectivity index (χ1v) is 8.20. The summed E-state index contributed by atoms with van der Waals surface area (Å²) >= 11 is 3.07. The van der Waals surface area contributed by atoms with E-state index in [1.54, 1.807) is 6.07 Å². The van der Waals surface area contributed by atoms with Crippen LogP contribution in [0.1, 0.15) is 5.56 Å². The minimum absolute atomic E-state index is 0.176. The molecular formula is C14H12BrF2NO2S. The first kappa shape index (κ1) is 16.1. The molecule has 0 aliphatic heterocycles. The quantitative estimate of drug-likeness (QED) is 0.819. The second-order valence-electron chi connectivity index (χ2n) is 4.43. The molecule has 0 unspecified atom stereocenters. The van der Waals surface area contributed by atoms with E-state index in [2.05, 4.69) is 15.9 Å². The summed E-state index contributed by atoms with van der Waals surface area (Å²) in [4.78, 5) is -0.440. The maximum atomic E-state index is 13.8. The Labute approximate surface area is 130 Å². The number of benzene rings is 2. The van der Waals surface area contributed by atoms with Gasteiger partial charge in [0.2, 0.25) is 10.0 Å². The van der Waals surface area contributed by atoms with E-state index >= 15 is 0 Å². The molecule has 21 heavy (non-hydrogen) atoms. The Morgan fingerprint density at radius 1 is 1.10 bits per heavy atom. The van der Waals surface area contributed by atoms with E-state index in [1.807, 2.05) is 0 Å². The molecule has 2 aromatic carbocycles. The van der Waals surface area contributed by atoms with Crippen LogP contribution in [0.15, 0.2) is 51.8 Å². The van der Waals surface area contributed by atoms with Crippen LogP contribution in [0, 0.1) is 11.6 Å². The van der Waals surface area contributed by atoms with Gasteiger partial charge in [0.1, 0.15) is 16.5 Å². The smallest absolute Gasteiger partial charge is 0.207 e. The molecule has 0 spiro atoms. The average molecular weight is 376 g/mol. The second kappa shape index (κ2) is 6.21. The molecule has 112 valence electrons. The van der Waals surface area contributed by atoms with Crippen molar-refractivity contribution in [2.75, 3.05) is 7.05 Å². The van der Waals surface area contributed by atoms with Crippen LogP contribution in [-0.2, 0) is 16.6 Å².